The fourth-order valence-corrected chi connectivity index (χ4v) is 4.83. The van der Waals surface area contributed by atoms with Gasteiger partial charge in [-0.1, -0.05) is 0 Å². The molecule has 1 aromatic heterocycles. The Labute approximate surface area is 205 Å². The summed E-state index contributed by atoms with van der Waals surface area (Å²) < 4.78 is 15.7. The number of carbonyl (C=O) groups excluding carboxylic acids is 1. The molecule has 1 aliphatic heterocycles. The highest BCUT2D eigenvalue weighted by atomic mass is 32.2. The fraction of sp³-hybridized carbons (Fsp3) is 0.348. The Morgan fingerprint density at radius 2 is 2.03 bits per heavy atom. The number of piperidine rings is 1. The van der Waals surface area contributed by atoms with Crippen molar-refractivity contribution in [3.8, 4) is 0 Å². The summed E-state index contributed by atoms with van der Waals surface area (Å²) in [6, 6.07) is 8.10. The molecular formula is C23H25FN6O4S. The van der Waals surface area contributed by atoms with Crippen LogP contribution >= 0.6 is 11.8 Å². The Hall–Kier alpha value is -3.51. The SMILES string of the molecule is CC(NC(=O)c1ccc(Sc2nncn2C)c([N+](=O)[O-])c1)c1cc(F)ccc1N1CCC(O)CC1. The van der Waals surface area contributed by atoms with E-state index in [4.69, 9.17) is 0 Å². The summed E-state index contributed by atoms with van der Waals surface area (Å²) in [7, 11) is 1.73. The van der Waals surface area contributed by atoms with Gasteiger partial charge >= 0.3 is 0 Å². The largest absolute Gasteiger partial charge is 0.393 e. The Bertz CT molecular complexity index is 1240. The zero-order valence-electron chi connectivity index (χ0n) is 19.2. The average Bonchev–Trinajstić information content (AvgIpc) is 3.23. The van der Waals surface area contributed by atoms with Gasteiger partial charge in [0.25, 0.3) is 11.6 Å². The quantitative estimate of drug-likeness (QED) is 0.373. The summed E-state index contributed by atoms with van der Waals surface area (Å²) in [5.74, 6) is -0.942. The first-order chi connectivity index (χ1) is 16.7. The van der Waals surface area contributed by atoms with E-state index in [1.807, 2.05) is 0 Å². The van der Waals surface area contributed by atoms with Crippen LogP contribution in [0.15, 0.2) is 52.8 Å². The van der Waals surface area contributed by atoms with Gasteiger partial charge in [0.1, 0.15) is 12.1 Å². The number of halogens is 1. The molecule has 184 valence electrons. The number of aliphatic hydroxyl groups is 1. The lowest BCUT2D eigenvalue weighted by Gasteiger charge is -2.34. The molecule has 0 saturated carbocycles. The third-order valence-electron chi connectivity index (χ3n) is 5.90. The summed E-state index contributed by atoms with van der Waals surface area (Å²) in [6.07, 6.45) is 2.36. The van der Waals surface area contributed by atoms with Crippen LogP contribution in [0.1, 0.15) is 41.7 Å². The van der Waals surface area contributed by atoms with Crippen molar-refractivity contribution in [2.24, 2.45) is 7.05 Å². The molecule has 2 N–H and O–H groups in total. The number of nitrogens with zero attached hydrogens (tertiary/aromatic N) is 5. The summed E-state index contributed by atoms with van der Waals surface area (Å²) in [5, 5.41) is 32.5. The van der Waals surface area contributed by atoms with Crippen LogP contribution in [0.2, 0.25) is 0 Å². The third kappa shape index (κ3) is 5.60. The van der Waals surface area contributed by atoms with Crippen LogP contribution in [0.3, 0.4) is 0 Å². The molecule has 2 heterocycles. The van der Waals surface area contributed by atoms with E-state index in [1.54, 1.807) is 24.6 Å². The fourth-order valence-electron chi connectivity index (χ4n) is 3.98. The third-order valence-corrected chi connectivity index (χ3v) is 7.02. The van der Waals surface area contributed by atoms with Gasteiger partial charge in [-0.3, -0.25) is 14.9 Å². The summed E-state index contributed by atoms with van der Waals surface area (Å²) in [6.45, 7) is 2.98. The molecule has 4 rings (SSSR count). The predicted molar refractivity (Wildman–Crippen MR) is 128 cm³/mol. The maximum atomic E-state index is 14.1. The van der Waals surface area contributed by atoms with Crippen molar-refractivity contribution >= 4 is 29.0 Å². The lowest BCUT2D eigenvalue weighted by atomic mass is 10.0. The van der Waals surface area contributed by atoms with Gasteiger partial charge < -0.3 is 19.9 Å². The van der Waals surface area contributed by atoms with Crippen LogP contribution in [0, 0.1) is 15.9 Å². The molecule has 1 atom stereocenters. The zero-order chi connectivity index (χ0) is 25.1. The minimum absolute atomic E-state index is 0.116. The highest BCUT2D eigenvalue weighted by molar-refractivity contribution is 7.99. The van der Waals surface area contributed by atoms with E-state index in [0.717, 1.165) is 17.4 Å². The van der Waals surface area contributed by atoms with E-state index in [1.165, 1.54) is 36.7 Å². The van der Waals surface area contributed by atoms with Gasteiger partial charge in [-0.15, -0.1) is 10.2 Å². The molecule has 3 aromatic rings. The average molecular weight is 501 g/mol. The van der Waals surface area contributed by atoms with Gasteiger partial charge in [0.05, 0.1) is 22.0 Å². The smallest absolute Gasteiger partial charge is 0.284 e. The van der Waals surface area contributed by atoms with Gasteiger partial charge in [-0.05, 0) is 61.9 Å². The van der Waals surface area contributed by atoms with E-state index in [0.29, 0.717) is 41.5 Å². The van der Waals surface area contributed by atoms with Gasteiger partial charge in [0, 0.05) is 43.0 Å². The maximum absolute atomic E-state index is 14.1. The van der Waals surface area contributed by atoms with Gasteiger partial charge in [0.2, 0.25) is 0 Å². The second kappa shape index (κ2) is 10.4. The molecular weight excluding hydrogens is 475 g/mol. The molecule has 1 fully saturated rings. The molecule has 0 spiro atoms. The van der Waals surface area contributed by atoms with Crippen molar-refractivity contribution in [3.63, 3.8) is 0 Å². The summed E-state index contributed by atoms with van der Waals surface area (Å²) in [4.78, 5) is 26.5. The summed E-state index contributed by atoms with van der Waals surface area (Å²) >= 11 is 1.08. The molecule has 0 bridgehead atoms. The highest BCUT2D eigenvalue weighted by Gasteiger charge is 2.24. The number of anilines is 1. The number of aliphatic hydroxyl groups excluding tert-OH is 1. The number of nitro benzene ring substituents is 1. The first kappa shape index (κ1) is 24.6. The Morgan fingerprint density at radius 1 is 1.29 bits per heavy atom. The molecule has 10 nitrogen and oxygen atoms in total. The van der Waals surface area contributed by atoms with Crippen molar-refractivity contribution in [3.05, 3.63) is 69.8 Å². The number of aryl methyl sites for hydroxylation is 1. The second-order valence-corrected chi connectivity index (χ2v) is 9.39. The molecule has 12 heteroatoms. The number of rotatable bonds is 7. The number of benzene rings is 2. The molecule has 1 unspecified atom stereocenters. The lowest BCUT2D eigenvalue weighted by Crippen LogP contribution is -2.37. The predicted octanol–water partition coefficient (Wildman–Crippen LogP) is 3.47. The Balaban J connectivity index is 1.55. The number of carbonyl (C=O) groups is 1. The first-order valence-electron chi connectivity index (χ1n) is 11.1. The van der Waals surface area contributed by atoms with E-state index >= 15 is 0 Å². The van der Waals surface area contributed by atoms with E-state index in [2.05, 4.69) is 20.4 Å². The topological polar surface area (TPSA) is 126 Å². The first-order valence-corrected chi connectivity index (χ1v) is 11.9. The lowest BCUT2D eigenvalue weighted by molar-refractivity contribution is -0.387. The van der Waals surface area contributed by atoms with Gasteiger partial charge in [-0.2, -0.15) is 0 Å². The Morgan fingerprint density at radius 3 is 2.69 bits per heavy atom. The van der Waals surface area contributed by atoms with Crippen LogP contribution in [-0.4, -0.2) is 49.9 Å². The van der Waals surface area contributed by atoms with Crippen LogP contribution < -0.4 is 10.2 Å². The van der Waals surface area contributed by atoms with E-state index in [-0.39, 0.29) is 17.4 Å². The zero-order valence-corrected chi connectivity index (χ0v) is 20.0. The number of nitrogens with one attached hydrogen (secondary N) is 1. The minimum Gasteiger partial charge on any atom is -0.393 e. The van der Waals surface area contributed by atoms with Crippen molar-refractivity contribution < 1.29 is 19.2 Å². The van der Waals surface area contributed by atoms with Crippen molar-refractivity contribution in [1.82, 2.24) is 20.1 Å². The number of hydrogen-bond acceptors (Lipinski definition) is 8. The standard InChI is InChI=1S/C23H25FN6O4S/c1-14(18-12-16(24)4-5-19(18)29-9-7-17(31)8-10-29)26-22(32)15-3-6-21(20(11-15)30(33)34)35-23-27-25-13-28(23)2/h3-6,11-14,17,31H,7-10H2,1-2H3,(H,26,32). The number of hydrogen-bond donors (Lipinski definition) is 2. The van der Waals surface area contributed by atoms with Crippen LogP contribution in [0.4, 0.5) is 15.8 Å². The van der Waals surface area contributed by atoms with Crippen molar-refractivity contribution in [2.75, 3.05) is 18.0 Å². The van der Waals surface area contributed by atoms with Gasteiger partial charge in [-0.25, -0.2) is 4.39 Å². The molecule has 0 radical (unpaired) electrons. The normalized spacial score (nSPS) is 15.1. The van der Waals surface area contributed by atoms with Crippen molar-refractivity contribution in [1.29, 1.82) is 0 Å². The van der Waals surface area contributed by atoms with E-state index < -0.39 is 22.7 Å². The Kier molecular flexibility index (Phi) is 7.31. The monoisotopic (exact) mass is 500 g/mol. The highest BCUT2D eigenvalue weighted by Crippen LogP contribution is 2.35. The molecule has 1 saturated heterocycles. The maximum Gasteiger partial charge on any atom is 0.284 e. The van der Waals surface area contributed by atoms with Crippen molar-refractivity contribution in [2.45, 2.75) is 42.0 Å². The van der Waals surface area contributed by atoms with Crippen LogP contribution in [0.25, 0.3) is 0 Å². The molecule has 35 heavy (non-hydrogen) atoms. The molecule has 1 aliphatic rings. The molecule has 0 aliphatic carbocycles. The van der Waals surface area contributed by atoms with Gasteiger partial charge in [0.15, 0.2) is 5.16 Å². The van der Waals surface area contributed by atoms with Crippen LogP contribution in [-0.2, 0) is 7.05 Å². The van der Waals surface area contributed by atoms with Crippen LogP contribution in [0.5, 0.6) is 0 Å². The van der Waals surface area contributed by atoms with E-state index in [9.17, 15) is 24.4 Å². The second-order valence-electron chi connectivity index (χ2n) is 8.38. The molecule has 2 aromatic carbocycles. The minimum atomic E-state index is -0.563. The summed E-state index contributed by atoms with van der Waals surface area (Å²) in [5.41, 5.74) is 1.27. The number of nitro groups is 1. The molecule has 1 amide bonds. The number of aromatic nitrogens is 3. The number of amides is 1.